The van der Waals surface area contributed by atoms with E-state index in [1.54, 1.807) is 0 Å². The van der Waals surface area contributed by atoms with Gasteiger partial charge in [-0.1, -0.05) is 0 Å². The molecule has 1 atom stereocenters. The molecule has 1 aliphatic rings. The molecule has 0 aromatic heterocycles. The van der Waals surface area contributed by atoms with Crippen LogP contribution in [-0.4, -0.2) is 41.0 Å². The average Bonchev–Trinajstić information content (AvgIpc) is 2.56. The summed E-state index contributed by atoms with van der Waals surface area (Å²) < 4.78 is 0. The minimum Gasteiger partial charge on any atom is -0.396 e. The molecule has 1 rings (SSSR count). The van der Waals surface area contributed by atoms with Crippen molar-refractivity contribution in [2.75, 3.05) is 19.7 Å². The molecule has 12 heavy (non-hydrogen) atoms. The molecule has 0 radical (unpaired) electrons. The van der Waals surface area contributed by atoms with Crippen LogP contribution in [0.5, 0.6) is 0 Å². The van der Waals surface area contributed by atoms with Crippen LogP contribution in [0.25, 0.3) is 0 Å². The van der Waals surface area contributed by atoms with Crippen molar-refractivity contribution < 1.29 is 10.2 Å². The second kappa shape index (κ2) is 5.51. The average molecular weight is 173 g/mol. The second-order valence-electron chi connectivity index (χ2n) is 3.44. The van der Waals surface area contributed by atoms with Crippen LogP contribution in [0.1, 0.15) is 32.1 Å². The smallest absolute Gasteiger partial charge is 0.107 e. The van der Waals surface area contributed by atoms with Crippen LogP contribution in [0.2, 0.25) is 0 Å². The van der Waals surface area contributed by atoms with Crippen molar-refractivity contribution in [2.45, 2.75) is 38.3 Å². The molecule has 3 nitrogen and oxygen atoms in total. The number of hydrogen-bond donors (Lipinski definition) is 2. The molecule has 1 heterocycles. The van der Waals surface area contributed by atoms with Gasteiger partial charge in [-0.05, 0) is 32.1 Å². The molecule has 1 unspecified atom stereocenters. The topological polar surface area (TPSA) is 43.7 Å². The van der Waals surface area contributed by atoms with Crippen LogP contribution in [0.15, 0.2) is 0 Å². The maximum Gasteiger partial charge on any atom is 0.107 e. The van der Waals surface area contributed by atoms with Crippen LogP contribution in [0, 0.1) is 0 Å². The highest BCUT2D eigenvalue weighted by Crippen LogP contribution is 2.13. The monoisotopic (exact) mass is 173 g/mol. The van der Waals surface area contributed by atoms with E-state index < -0.39 is 0 Å². The summed E-state index contributed by atoms with van der Waals surface area (Å²) in [6.07, 6.45) is 4.72. The van der Waals surface area contributed by atoms with Crippen molar-refractivity contribution in [3.8, 4) is 0 Å². The minimum atomic E-state index is -0.265. The zero-order valence-corrected chi connectivity index (χ0v) is 7.58. The van der Waals surface area contributed by atoms with Gasteiger partial charge in [-0.2, -0.15) is 0 Å². The van der Waals surface area contributed by atoms with E-state index >= 15 is 0 Å². The van der Waals surface area contributed by atoms with E-state index in [-0.39, 0.29) is 12.8 Å². The SMILES string of the molecule is OCCCCC(O)N1CCCC1. The van der Waals surface area contributed by atoms with Crippen molar-refractivity contribution in [2.24, 2.45) is 0 Å². The van der Waals surface area contributed by atoms with Gasteiger partial charge in [0.25, 0.3) is 0 Å². The highest BCUT2D eigenvalue weighted by molar-refractivity contribution is 4.68. The summed E-state index contributed by atoms with van der Waals surface area (Å²) in [6.45, 7) is 2.33. The van der Waals surface area contributed by atoms with Crippen LogP contribution < -0.4 is 0 Å². The lowest BCUT2D eigenvalue weighted by atomic mass is 10.2. The van der Waals surface area contributed by atoms with Gasteiger partial charge in [0.2, 0.25) is 0 Å². The second-order valence-corrected chi connectivity index (χ2v) is 3.44. The summed E-state index contributed by atoms with van der Waals surface area (Å²) in [4.78, 5) is 2.12. The van der Waals surface area contributed by atoms with Gasteiger partial charge >= 0.3 is 0 Å². The summed E-state index contributed by atoms with van der Waals surface area (Å²) in [5, 5.41) is 18.2. The van der Waals surface area contributed by atoms with Crippen LogP contribution in [-0.2, 0) is 0 Å². The first-order chi connectivity index (χ1) is 5.84. The van der Waals surface area contributed by atoms with Crippen molar-refractivity contribution >= 4 is 0 Å². The molecule has 1 aliphatic heterocycles. The van der Waals surface area contributed by atoms with Crippen LogP contribution in [0.4, 0.5) is 0 Å². The Labute approximate surface area is 74.0 Å². The quantitative estimate of drug-likeness (QED) is 0.597. The Morgan fingerprint density at radius 3 is 2.42 bits per heavy atom. The van der Waals surface area contributed by atoms with Gasteiger partial charge in [0, 0.05) is 19.7 Å². The molecular weight excluding hydrogens is 154 g/mol. The van der Waals surface area contributed by atoms with Gasteiger partial charge in [-0.3, -0.25) is 4.90 Å². The van der Waals surface area contributed by atoms with Gasteiger partial charge in [0.05, 0.1) is 0 Å². The Morgan fingerprint density at radius 2 is 1.83 bits per heavy atom. The number of rotatable bonds is 5. The lowest BCUT2D eigenvalue weighted by Gasteiger charge is -2.21. The van der Waals surface area contributed by atoms with Gasteiger partial charge in [0.1, 0.15) is 6.23 Å². The number of likely N-dealkylation sites (tertiary alicyclic amines) is 1. The fourth-order valence-corrected chi connectivity index (χ4v) is 1.66. The Balaban J connectivity index is 2.05. The molecule has 2 N–H and O–H groups in total. The Morgan fingerprint density at radius 1 is 1.17 bits per heavy atom. The standard InChI is InChI=1S/C9H19NO2/c11-8-4-1-5-9(12)10-6-2-3-7-10/h9,11-12H,1-8H2. The third kappa shape index (κ3) is 3.09. The van der Waals surface area contributed by atoms with Gasteiger partial charge in [-0.15, -0.1) is 0 Å². The zero-order chi connectivity index (χ0) is 8.81. The zero-order valence-electron chi connectivity index (χ0n) is 7.58. The Hall–Kier alpha value is -0.120. The summed E-state index contributed by atoms with van der Waals surface area (Å²) >= 11 is 0. The summed E-state index contributed by atoms with van der Waals surface area (Å²) in [7, 11) is 0. The number of unbranched alkanes of at least 4 members (excludes halogenated alkanes) is 1. The third-order valence-corrected chi connectivity index (χ3v) is 2.43. The summed E-state index contributed by atoms with van der Waals surface area (Å²) in [5.74, 6) is 0. The predicted octanol–water partition coefficient (Wildman–Crippen LogP) is 0.563. The first kappa shape index (κ1) is 9.96. The predicted molar refractivity (Wildman–Crippen MR) is 47.8 cm³/mol. The molecule has 72 valence electrons. The highest BCUT2D eigenvalue weighted by Gasteiger charge is 2.18. The molecule has 0 aromatic carbocycles. The van der Waals surface area contributed by atoms with Crippen molar-refractivity contribution in [3.05, 3.63) is 0 Å². The molecule has 0 saturated carbocycles. The van der Waals surface area contributed by atoms with Crippen molar-refractivity contribution in [3.63, 3.8) is 0 Å². The van der Waals surface area contributed by atoms with Crippen LogP contribution in [0.3, 0.4) is 0 Å². The Bertz CT molecular complexity index is 113. The van der Waals surface area contributed by atoms with E-state index in [0.717, 1.165) is 32.4 Å². The fourth-order valence-electron chi connectivity index (χ4n) is 1.66. The van der Waals surface area contributed by atoms with Crippen molar-refractivity contribution in [1.82, 2.24) is 4.90 Å². The maximum absolute atomic E-state index is 9.62. The fraction of sp³-hybridized carbons (Fsp3) is 1.00. The highest BCUT2D eigenvalue weighted by atomic mass is 16.3. The number of aliphatic hydroxyl groups is 2. The van der Waals surface area contributed by atoms with E-state index in [0.29, 0.717) is 0 Å². The third-order valence-electron chi connectivity index (χ3n) is 2.43. The normalized spacial score (nSPS) is 21.5. The molecule has 1 fully saturated rings. The van der Waals surface area contributed by atoms with E-state index in [4.69, 9.17) is 5.11 Å². The first-order valence-electron chi connectivity index (χ1n) is 4.87. The van der Waals surface area contributed by atoms with E-state index in [9.17, 15) is 5.11 Å². The minimum absolute atomic E-state index is 0.243. The van der Waals surface area contributed by atoms with E-state index in [1.807, 2.05) is 0 Å². The van der Waals surface area contributed by atoms with Crippen molar-refractivity contribution in [1.29, 1.82) is 0 Å². The molecule has 1 saturated heterocycles. The molecule has 0 aromatic rings. The lowest BCUT2D eigenvalue weighted by molar-refractivity contribution is 0.0115. The number of hydrogen-bond acceptors (Lipinski definition) is 3. The molecule has 0 aliphatic carbocycles. The largest absolute Gasteiger partial charge is 0.396 e. The first-order valence-corrected chi connectivity index (χ1v) is 4.87. The maximum atomic E-state index is 9.62. The van der Waals surface area contributed by atoms with E-state index in [1.165, 1.54) is 12.8 Å². The van der Waals surface area contributed by atoms with Gasteiger partial charge < -0.3 is 10.2 Å². The molecule has 0 bridgehead atoms. The number of aliphatic hydroxyl groups excluding tert-OH is 2. The molecule has 3 heteroatoms. The number of nitrogens with zero attached hydrogens (tertiary/aromatic N) is 1. The Kier molecular flexibility index (Phi) is 4.58. The lowest BCUT2D eigenvalue weighted by Crippen LogP contribution is -2.32. The summed E-state index contributed by atoms with van der Waals surface area (Å²) in [5.41, 5.74) is 0. The molecule has 0 spiro atoms. The van der Waals surface area contributed by atoms with Gasteiger partial charge in [0.15, 0.2) is 0 Å². The van der Waals surface area contributed by atoms with Gasteiger partial charge in [-0.25, -0.2) is 0 Å². The van der Waals surface area contributed by atoms with E-state index in [2.05, 4.69) is 4.90 Å². The van der Waals surface area contributed by atoms with Crippen LogP contribution >= 0.6 is 0 Å². The molecule has 0 amide bonds. The molecular formula is C9H19NO2. The summed E-state index contributed by atoms with van der Waals surface area (Å²) in [6, 6.07) is 0.